The van der Waals surface area contributed by atoms with E-state index in [1.807, 2.05) is 0 Å². The van der Waals surface area contributed by atoms with Gasteiger partial charge >= 0.3 is 0 Å². The van der Waals surface area contributed by atoms with Crippen molar-refractivity contribution in [2.24, 2.45) is 0 Å². The van der Waals surface area contributed by atoms with Crippen LogP contribution in [0.15, 0.2) is 0 Å². The Labute approximate surface area is 86.8 Å². The van der Waals surface area contributed by atoms with Crippen LogP contribution in [0.25, 0.3) is 0 Å². The van der Waals surface area contributed by atoms with E-state index in [-0.39, 0.29) is 0 Å². The van der Waals surface area contributed by atoms with Crippen molar-refractivity contribution in [1.29, 1.82) is 0 Å². The first-order valence-corrected chi connectivity index (χ1v) is 5.92. The topological polar surface area (TPSA) is 24.5 Å². The maximum absolute atomic E-state index is 5.57. The summed E-state index contributed by atoms with van der Waals surface area (Å²) in [6.45, 7) is 7.76. The summed E-state index contributed by atoms with van der Waals surface area (Å²) in [6.07, 6.45) is 4.43. The van der Waals surface area contributed by atoms with Gasteiger partial charge in [0, 0.05) is 19.1 Å². The van der Waals surface area contributed by atoms with Crippen LogP contribution >= 0.6 is 0 Å². The summed E-state index contributed by atoms with van der Waals surface area (Å²) in [5, 5.41) is 3.47. The predicted octanol–water partition coefficient (Wildman–Crippen LogP) is 0.849. The van der Waals surface area contributed by atoms with Gasteiger partial charge in [0.15, 0.2) is 0 Å². The van der Waals surface area contributed by atoms with Crippen molar-refractivity contribution < 1.29 is 4.74 Å². The molecule has 0 aromatic carbocycles. The minimum absolute atomic E-state index is 0.431. The van der Waals surface area contributed by atoms with Gasteiger partial charge in [-0.2, -0.15) is 0 Å². The molecule has 0 saturated carbocycles. The zero-order valence-electron chi connectivity index (χ0n) is 9.17. The second-order valence-electron chi connectivity index (χ2n) is 4.51. The predicted molar refractivity (Wildman–Crippen MR) is 57.5 cm³/mol. The van der Waals surface area contributed by atoms with Gasteiger partial charge in [-0.1, -0.05) is 0 Å². The average molecular weight is 198 g/mol. The molecule has 2 heterocycles. The fourth-order valence-corrected chi connectivity index (χ4v) is 2.54. The Morgan fingerprint density at radius 1 is 1.29 bits per heavy atom. The number of rotatable bonds is 1. The molecule has 0 spiro atoms. The van der Waals surface area contributed by atoms with Crippen LogP contribution in [-0.2, 0) is 4.74 Å². The zero-order valence-corrected chi connectivity index (χ0v) is 9.17. The first kappa shape index (κ1) is 10.4. The molecule has 2 unspecified atom stereocenters. The highest BCUT2D eigenvalue weighted by Crippen LogP contribution is 2.16. The van der Waals surface area contributed by atoms with Crippen LogP contribution in [0.1, 0.15) is 26.2 Å². The minimum Gasteiger partial charge on any atom is -0.376 e. The largest absolute Gasteiger partial charge is 0.376 e. The molecule has 0 amide bonds. The summed E-state index contributed by atoms with van der Waals surface area (Å²) in [6, 6.07) is 0.802. The molecule has 1 N–H and O–H groups in total. The van der Waals surface area contributed by atoms with E-state index < -0.39 is 0 Å². The number of hydrogen-bond donors (Lipinski definition) is 1. The quantitative estimate of drug-likeness (QED) is 0.676. The molecule has 2 aliphatic heterocycles. The number of nitrogens with one attached hydrogen (secondary N) is 1. The third-order valence-corrected chi connectivity index (χ3v) is 3.33. The molecule has 14 heavy (non-hydrogen) atoms. The van der Waals surface area contributed by atoms with E-state index in [1.165, 1.54) is 32.4 Å². The molecule has 3 nitrogen and oxygen atoms in total. The van der Waals surface area contributed by atoms with Crippen LogP contribution in [0, 0.1) is 0 Å². The Morgan fingerprint density at radius 3 is 3.07 bits per heavy atom. The van der Waals surface area contributed by atoms with Gasteiger partial charge in [-0.15, -0.1) is 0 Å². The summed E-state index contributed by atoms with van der Waals surface area (Å²) >= 11 is 0. The average Bonchev–Trinajstić information content (AvgIpc) is 2.45. The van der Waals surface area contributed by atoms with Crippen molar-refractivity contribution in [1.82, 2.24) is 10.2 Å². The van der Waals surface area contributed by atoms with Crippen LogP contribution in [0.4, 0.5) is 0 Å². The second-order valence-corrected chi connectivity index (χ2v) is 4.51. The monoisotopic (exact) mass is 198 g/mol. The molecule has 2 saturated heterocycles. The highest BCUT2D eigenvalue weighted by atomic mass is 16.5. The first-order chi connectivity index (χ1) is 6.86. The highest BCUT2D eigenvalue weighted by Gasteiger charge is 2.24. The first-order valence-electron chi connectivity index (χ1n) is 5.92. The van der Waals surface area contributed by atoms with Gasteiger partial charge in [-0.25, -0.2) is 0 Å². The molecule has 2 fully saturated rings. The van der Waals surface area contributed by atoms with Gasteiger partial charge < -0.3 is 10.1 Å². The van der Waals surface area contributed by atoms with Crippen LogP contribution in [0.5, 0.6) is 0 Å². The molecular formula is C11H22N2O. The van der Waals surface area contributed by atoms with Gasteiger partial charge in [0.1, 0.15) is 0 Å². The SMILES string of the molecule is CC1CN(C2CCCNCC2)CCO1. The summed E-state index contributed by atoms with van der Waals surface area (Å²) in [5.74, 6) is 0. The van der Waals surface area contributed by atoms with E-state index in [2.05, 4.69) is 17.1 Å². The van der Waals surface area contributed by atoms with Crippen molar-refractivity contribution in [3.63, 3.8) is 0 Å². The summed E-state index contributed by atoms with van der Waals surface area (Å²) in [7, 11) is 0. The van der Waals surface area contributed by atoms with Gasteiger partial charge in [0.05, 0.1) is 12.7 Å². The molecule has 2 rings (SSSR count). The molecule has 2 aliphatic rings. The Bertz CT molecular complexity index is 167. The van der Waals surface area contributed by atoms with Gasteiger partial charge in [0.2, 0.25) is 0 Å². The van der Waals surface area contributed by atoms with Crippen LogP contribution in [-0.4, -0.2) is 49.8 Å². The summed E-state index contributed by atoms with van der Waals surface area (Å²) < 4.78 is 5.57. The lowest BCUT2D eigenvalue weighted by Gasteiger charge is -2.36. The number of nitrogens with zero attached hydrogens (tertiary/aromatic N) is 1. The van der Waals surface area contributed by atoms with Crippen LogP contribution in [0.2, 0.25) is 0 Å². The molecule has 0 aromatic rings. The Balaban J connectivity index is 1.85. The third kappa shape index (κ3) is 2.69. The maximum atomic E-state index is 5.57. The minimum atomic E-state index is 0.431. The molecular weight excluding hydrogens is 176 g/mol. The van der Waals surface area contributed by atoms with Crippen molar-refractivity contribution in [2.45, 2.75) is 38.3 Å². The lowest BCUT2D eigenvalue weighted by molar-refractivity contribution is -0.0356. The number of morpholine rings is 1. The van der Waals surface area contributed by atoms with E-state index in [9.17, 15) is 0 Å². The van der Waals surface area contributed by atoms with Gasteiger partial charge in [-0.05, 0) is 39.3 Å². The van der Waals surface area contributed by atoms with Crippen molar-refractivity contribution in [3.05, 3.63) is 0 Å². The Kier molecular flexibility index (Phi) is 3.79. The number of hydrogen-bond acceptors (Lipinski definition) is 3. The lowest BCUT2D eigenvalue weighted by atomic mass is 10.1. The van der Waals surface area contributed by atoms with Crippen molar-refractivity contribution in [2.75, 3.05) is 32.8 Å². The Morgan fingerprint density at radius 2 is 2.21 bits per heavy atom. The molecule has 2 atom stereocenters. The highest BCUT2D eigenvalue weighted by molar-refractivity contribution is 4.79. The molecule has 82 valence electrons. The van der Waals surface area contributed by atoms with Gasteiger partial charge in [0.25, 0.3) is 0 Å². The smallest absolute Gasteiger partial charge is 0.0674 e. The second kappa shape index (κ2) is 5.10. The maximum Gasteiger partial charge on any atom is 0.0674 e. The van der Waals surface area contributed by atoms with E-state index in [0.29, 0.717) is 6.10 Å². The lowest BCUT2D eigenvalue weighted by Crippen LogP contribution is -2.47. The Hall–Kier alpha value is -0.120. The standard InChI is InChI=1S/C11H22N2O/c1-10-9-13(7-8-14-10)11-3-2-5-12-6-4-11/h10-12H,2-9H2,1H3. The van der Waals surface area contributed by atoms with E-state index >= 15 is 0 Å². The zero-order chi connectivity index (χ0) is 9.80. The van der Waals surface area contributed by atoms with E-state index in [0.717, 1.165) is 25.7 Å². The number of ether oxygens (including phenoxy) is 1. The summed E-state index contributed by atoms with van der Waals surface area (Å²) in [5.41, 5.74) is 0. The molecule has 0 aliphatic carbocycles. The fourth-order valence-electron chi connectivity index (χ4n) is 2.54. The fraction of sp³-hybridized carbons (Fsp3) is 1.00. The summed E-state index contributed by atoms with van der Waals surface area (Å²) in [4.78, 5) is 2.63. The normalized spacial score (nSPS) is 36.6. The molecule has 0 radical (unpaired) electrons. The molecule has 3 heteroatoms. The van der Waals surface area contributed by atoms with Crippen molar-refractivity contribution in [3.8, 4) is 0 Å². The van der Waals surface area contributed by atoms with Crippen molar-refractivity contribution >= 4 is 0 Å². The molecule has 0 bridgehead atoms. The van der Waals surface area contributed by atoms with E-state index in [4.69, 9.17) is 4.74 Å². The van der Waals surface area contributed by atoms with Crippen LogP contribution in [0.3, 0.4) is 0 Å². The molecule has 0 aromatic heterocycles. The third-order valence-electron chi connectivity index (χ3n) is 3.33. The van der Waals surface area contributed by atoms with Gasteiger partial charge in [-0.3, -0.25) is 4.90 Å². The van der Waals surface area contributed by atoms with E-state index in [1.54, 1.807) is 0 Å². The van der Waals surface area contributed by atoms with Crippen LogP contribution < -0.4 is 5.32 Å².